The molecule has 0 saturated heterocycles. The Bertz CT molecular complexity index is 1000. The summed E-state index contributed by atoms with van der Waals surface area (Å²) in [6.45, 7) is 0. The zero-order valence-corrected chi connectivity index (χ0v) is 16.1. The Balaban J connectivity index is 2.12. The maximum absolute atomic E-state index is 13.6. The van der Waals surface area contributed by atoms with Crippen molar-refractivity contribution in [2.75, 3.05) is 0 Å². The number of fused-ring (bicyclic) bond motifs is 1. The van der Waals surface area contributed by atoms with Gasteiger partial charge in [0.15, 0.2) is 11.6 Å². The first-order valence-corrected chi connectivity index (χ1v) is 9.44. The number of carbonyl (C=O) groups excluding carboxylic acids is 1. The van der Waals surface area contributed by atoms with E-state index in [0.29, 0.717) is 47.8 Å². The van der Waals surface area contributed by atoms with Crippen LogP contribution in [0, 0.1) is 5.82 Å². The second kappa shape index (κ2) is 7.50. The van der Waals surface area contributed by atoms with Gasteiger partial charge in [0.05, 0.1) is 20.5 Å². The van der Waals surface area contributed by atoms with Gasteiger partial charge in [0.2, 0.25) is 0 Å². The van der Waals surface area contributed by atoms with Gasteiger partial charge in [-0.05, 0) is 54.2 Å². The molecule has 0 radical (unpaired) electrons. The first-order valence-electron chi connectivity index (χ1n) is 7.86. The molecule has 1 N–H and O–H groups in total. The zero-order chi connectivity index (χ0) is 20.8. The minimum absolute atomic E-state index is 0.0362. The van der Waals surface area contributed by atoms with Gasteiger partial charge >= 0.3 is 12.1 Å². The molecule has 10 heteroatoms. The third-order valence-corrected chi connectivity index (χ3v) is 6.09. The molecule has 0 bridgehead atoms. The first kappa shape index (κ1) is 20.8. The van der Waals surface area contributed by atoms with E-state index in [9.17, 15) is 32.3 Å². The maximum Gasteiger partial charge on any atom is 0.417 e. The Labute approximate surface area is 170 Å². The Morgan fingerprint density at radius 3 is 2.11 bits per heavy atom. The summed E-state index contributed by atoms with van der Waals surface area (Å²) < 4.78 is 54.2. The third kappa shape index (κ3) is 3.81. The fourth-order valence-electron chi connectivity index (χ4n) is 3.08. The van der Waals surface area contributed by atoms with Crippen LogP contribution >= 0.6 is 34.5 Å². The van der Waals surface area contributed by atoms with Gasteiger partial charge in [0.1, 0.15) is 4.88 Å². The molecule has 0 saturated carbocycles. The molecule has 28 heavy (non-hydrogen) atoms. The van der Waals surface area contributed by atoms with Crippen molar-refractivity contribution < 1.29 is 32.3 Å². The average molecular weight is 453 g/mol. The number of ketones is 1. The maximum atomic E-state index is 13.6. The highest BCUT2D eigenvalue weighted by atomic mass is 35.5. The van der Waals surface area contributed by atoms with Crippen LogP contribution in [0.2, 0.25) is 10.0 Å². The van der Waals surface area contributed by atoms with E-state index in [1.54, 1.807) is 0 Å². The summed E-state index contributed by atoms with van der Waals surface area (Å²) in [4.78, 5) is 23.9. The Morgan fingerprint density at radius 1 is 1.07 bits per heavy atom. The van der Waals surface area contributed by atoms with E-state index < -0.39 is 44.9 Å². The largest absolute Gasteiger partial charge is 0.477 e. The summed E-state index contributed by atoms with van der Waals surface area (Å²) in [5, 5.41) is 8.03. The topological polar surface area (TPSA) is 54.4 Å². The van der Waals surface area contributed by atoms with E-state index in [0.717, 1.165) is 12.1 Å². The molecule has 0 amide bonds. The van der Waals surface area contributed by atoms with Gasteiger partial charge in [-0.2, -0.15) is 13.2 Å². The molecule has 2 aromatic rings. The number of carbonyl (C=O) groups is 2. The van der Waals surface area contributed by atoms with E-state index in [4.69, 9.17) is 23.2 Å². The number of hydrogen-bond acceptors (Lipinski definition) is 3. The number of alkyl halides is 3. The molecule has 3 nitrogen and oxygen atoms in total. The van der Waals surface area contributed by atoms with Crippen molar-refractivity contribution in [3.05, 3.63) is 60.5 Å². The van der Waals surface area contributed by atoms with E-state index in [1.807, 2.05) is 0 Å². The van der Waals surface area contributed by atoms with Crippen LogP contribution in [-0.4, -0.2) is 23.0 Å². The quantitative estimate of drug-likeness (QED) is 0.259. The van der Waals surface area contributed by atoms with E-state index in [-0.39, 0.29) is 9.75 Å². The van der Waals surface area contributed by atoms with E-state index in [1.165, 1.54) is 0 Å². The molecule has 0 atom stereocenters. The number of benzene rings is 1. The van der Waals surface area contributed by atoms with Crippen LogP contribution in [0.15, 0.2) is 18.2 Å². The number of allylic oxidation sites excluding steroid dienone is 2. The van der Waals surface area contributed by atoms with Crippen LogP contribution in [0.5, 0.6) is 0 Å². The fraction of sp³-hybridized carbons (Fsp3) is 0.222. The summed E-state index contributed by atoms with van der Waals surface area (Å²) >= 11 is 11.8. The highest BCUT2D eigenvalue weighted by Gasteiger charge is 2.37. The van der Waals surface area contributed by atoms with Crippen LogP contribution in [-0.2, 0) is 12.8 Å². The summed E-state index contributed by atoms with van der Waals surface area (Å²) in [5.41, 5.74) is -0.946. The lowest BCUT2D eigenvalue weighted by atomic mass is 10.0. The van der Waals surface area contributed by atoms with Crippen molar-refractivity contribution in [1.29, 1.82) is 0 Å². The van der Waals surface area contributed by atoms with E-state index in [2.05, 4.69) is 0 Å². The van der Waals surface area contributed by atoms with Gasteiger partial charge in [0.25, 0.3) is 0 Å². The molecule has 1 aromatic heterocycles. The molecule has 148 valence electrons. The second-order valence-corrected chi connectivity index (χ2v) is 7.89. The Kier molecular flexibility index (Phi) is 5.58. The molecule has 0 aliphatic heterocycles. The minimum atomic E-state index is -4.95. The van der Waals surface area contributed by atoms with Crippen molar-refractivity contribution in [1.82, 2.24) is 0 Å². The van der Waals surface area contributed by atoms with E-state index >= 15 is 0 Å². The lowest BCUT2D eigenvalue weighted by Gasteiger charge is -2.13. The monoisotopic (exact) mass is 452 g/mol. The average Bonchev–Trinajstić information content (AvgIpc) is 3.17. The highest BCUT2D eigenvalue weighted by molar-refractivity contribution is 7.16. The number of carboxylic acid groups (broad SMARTS) is 1. The molecule has 1 aliphatic rings. The van der Waals surface area contributed by atoms with Gasteiger partial charge in [-0.15, -0.1) is 11.3 Å². The Morgan fingerprint density at radius 2 is 1.61 bits per heavy atom. The molecule has 3 rings (SSSR count). The molecule has 0 spiro atoms. The summed E-state index contributed by atoms with van der Waals surface area (Å²) in [5.74, 6) is -3.26. The molecule has 0 fully saturated rings. The highest BCUT2D eigenvalue weighted by Crippen LogP contribution is 2.40. The zero-order valence-electron chi connectivity index (χ0n) is 13.8. The lowest BCUT2D eigenvalue weighted by molar-refractivity contribution is -0.0689. The molecule has 0 unspecified atom stereocenters. The van der Waals surface area contributed by atoms with Crippen molar-refractivity contribution in [2.24, 2.45) is 0 Å². The number of rotatable bonds is 4. The van der Waals surface area contributed by atoms with Gasteiger partial charge < -0.3 is 5.11 Å². The predicted molar refractivity (Wildman–Crippen MR) is 98.1 cm³/mol. The number of hydrogen-bond donors (Lipinski definition) is 1. The van der Waals surface area contributed by atoms with Crippen molar-refractivity contribution in [3.8, 4) is 0 Å². The normalized spacial score (nSPS) is 14.3. The van der Waals surface area contributed by atoms with Crippen LogP contribution in [0.4, 0.5) is 17.6 Å². The van der Waals surface area contributed by atoms with Gasteiger partial charge in [-0.25, -0.2) is 9.18 Å². The lowest BCUT2D eigenvalue weighted by Crippen LogP contribution is -2.13. The second-order valence-electron chi connectivity index (χ2n) is 6.05. The summed E-state index contributed by atoms with van der Waals surface area (Å²) in [6.07, 6.45) is -3.08. The molecular weight excluding hydrogens is 443 g/mol. The number of thiophene rings is 1. The Hall–Kier alpha value is -1.90. The first-order chi connectivity index (χ1) is 13.0. The van der Waals surface area contributed by atoms with Crippen molar-refractivity contribution >= 4 is 51.9 Å². The minimum Gasteiger partial charge on any atom is -0.477 e. The van der Waals surface area contributed by atoms with Crippen molar-refractivity contribution in [2.45, 2.75) is 25.4 Å². The predicted octanol–water partition coefficient (Wildman–Crippen LogP) is 6.21. The smallest absolute Gasteiger partial charge is 0.417 e. The summed E-state index contributed by atoms with van der Waals surface area (Å²) in [7, 11) is 0. The van der Waals surface area contributed by atoms with Crippen LogP contribution in [0.25, 0.3) is 5.57 Å². The van der Waals surface area contributed by atoms with Crippen LogP contribution in [0.3, 0.4) is 0 Å². The van der Waals surface area contributed by atoms with Gasteiger partial charge in [0, 0.05) is 0 Å². The van der Waals surface area contributed by atoms with Crippen LogP contribution < -0.4 is 0 Å². The van der Waals surface area contributed by atoms with Gasteiger partial charge in [-0.1, -0.05) is 23.2 Å². The van der Waals surface area contributed by atoms with Crippen LogP contribution in [0.1, 0.15) is 42.5 Å². The molecule has 1 aliphatic carbocycles. The fourth-order valence-corrected chi connectivity index (χ4v) is 4.71. The number of carboxylic acids is 1. The molecule has 1 heterocycles. The number of halogens is 6. The SMILES string of the molecule is O=C(O)c1sc(C(=O)C=C(c2cc(Cl)c(F)c(Cl)c2)C(F)(F)F)c2c1CCC2. The third-order valence-electron chi connectivity index (χ3n) is 4.26. The van der Waals surface area contributed by atoms with Crippen molar-refractivity contribution in [3.63, 3.8) is 0 Å². The summed E-state index contributed by atoms with van der Waals surface area (Å²) in [6, 6.07) is 1.47. The van der Waals surface area contributed by atoms with Gasteiger partial charge in [-0.3, -0.25) is 4.79 Å². The number of aromatic carboxylic acids is 1. The molecule has 1 aromatic carbocycles. The molecular formula is C18H10Cl2F4O3S. The standard InChI is InChI=1S/C18H10Cl2F4O3S/c19-11-4-7(5-12(20)14(11)21)10(18(22,23)24)6-13(25)15-8-2-1-3-9(8)16(28-15)17(26)27/h4-6H,1-3H2,(H,26,27).